The van der Waals surface area contributed by atoms with E-state index in [1.807, 2.05) is 48.5 Å². The third-order valence-corrected chi connectivity index (χ3v) is 9.21. The van der Waals surface area contributed by atoms with Crippen LogP contribution in [0.3, 0.4) is 0 Å². The summed E-state index contributed by atoms with van der Waals surface area (Å²) in [4.78, 5) is 96.3. The zero-order chi connectivity index (χ0) is 38.3. The second kappa shape index (κ2) is 21.7. The van der Waals surface area contributed by atoms with Crippen molar-refractivity contribution in [2.24, 2.45) is 17.8 Å². The number of thioether (sulfide) groups is 1. The van der Waals surface area contributed by atoms with E-state index in [4.69, 9.17) is 0 Å². The van der Waals surface area contributed by atoms with Crippen molar-refractivity contribution in [3.63, 3.8) is 0 Å². The molecule has 0 radical (unpaired) electrons. The van der Waals surface area contributed by atoms with Gasteiger partial charge in [-0.15, -0.1) is 11.8 Å². The number of hydrogen-bond acceptors (Lipinski definition) is 8. The van der Waals surface area contributed by atoms with E-state index in [9.17, 15) is 33.6 Å². The number of rotatable bonds is 19. The lowest BCUT2D eigenvalue weighted by Gasteiger charge is -2.37. The van der Waals surface area contributed by atoms with Crippen LogP contribution in [0.2, 0.25) is 0 Å². The largest absolute Gasteiger partial charge is 0.343 e. The van der Waals surface area contributed by atoms with E-state index in [2.05, 4.69) is 21.3 Å². The first-order chi connectivity index (χ1) is 22.6. The summed E-state index contributed by atoms with van der Waals surface area (Å²) < 4.78 is 0. The van der Waals surface area contributed by atoms with E-state index in [0.29, 0.717) is 19.3 Å². The van der Waals surface area contributed by atoms with Crippen LogP contribution in [-0.2, 0) is 28.8 Å². The molecule has 282 valence electrons. The molecule has 0 saturated carbocycles. The summed E-state index contributed by atoms with van der Waals surface area (Å²) in [6.45, 7) is 18.4. The number of amides is 8. The zero-order valence-corrected chi connectivity index (χ0v) is 32.9. The number of imide groups is 1. The molecule has 49 heavy (non-hydrogen) atoms. The van der Waals surface area contributed by atoms with Gasteiger partial charge in [0.15, 0.2) is 5.37 Å². The van der Waals surface area contributed by atoms with Crippen molar-refractivity contribution < 1.29 is 33.6 Å². The molecule has 0 aliphatic heterocycles. The van der Waals surface area contributed by atoms with Crippen LogP contribution < -0.4 is 21.3 Å². The quantitative estimate of drug-likeness (QED) is 0.148. The minimum atomic E-state index is -1.07. The molecule has 0 aromatic carbocycles. The van der Waals surface area contributed by atoms with E-state index >= 15 is 0 Å². The number of likely N-dealkylation sites (N-methyl/N-ethyl adjacent to an activating group) is 3. The van der Waals surface area contributed by atoms with Crippen molar-refractivity contribution in [1.82, 2.24) is 36.0 Å². The van der Waals surface area contributed by atoms with Gasteiger partial charge in [0.25, 0.3) is 5.91 Å². The van der Waals surface area contributed by atoms with E-state index < -0.39 is 59.2 Å². The number of nitrogens with one attached hydrogen (secondary N) is 4. The molecule has 15 heteroatoms. The van der Waals surface area contributed by atoms with Crippen molar-refractivity contribution in [3.05, 3.63) is 0 Å². The van der Waals surface area contributed by atoms with Gasteiger partial charge in [0, 0.05) is 39.9 Å². The Balaban J connectivity index is 6.35. The second-order valence-electron chi connectivity index (χ2n) is 14.0. The summed E-state index contributed by atoms with van der Waals surface area (Å²) in [5.41, 5.74) is 0. The maximum atomic E-state index is 14.0. The maximum Gasteiger partial charge on any atom is 0.321 e. The van der Waals surface area contributed by atoms with Gasteiger partial charge in [-0.25, -0.2) is 4.79 Å². The number of hydrogen-bond donors (Lipinski definition) is 4. The standard InChI is InChI=1S/C34H63N7O7S/c1-15-16-26(42)41(14)33(49-22(8)9)32(47)40(13)25(18-20(4)5)30(45)37-27(21(6)7)31(46)39(12)24(17-19(2)3)29(44)36-23(10)28(43)38-34(48)35-11/h19-25,27,33H,15-18H2,1-14H3,(H,36,44)(H,37,45)(H2,35,38,43,48)/t23-,24+,25+,27+,33-/m1/s1. The van der Waals surface area contributed by atoms with E-state index in [-0.39, 0.29) is 41.2 Å². The Bertz CT molecular complexity index is 1150. The van der Waals surface area contributed by atoms with Crippen LogP contribution in [-0.4, -0.2) is 119 Å². The molecule has 0 unspecified atom stereocenters. The van der Waals surface area contributed by atoms with Gasteiger partial charge in [-0.2, -0.15) is 0 Å². The fourth-order valence-electron chi connectivity index (χ4n) is 4.99. The molecule has 5 atom stereocenters. The fourth-order valence-corrected chi connectivity index (χ4v) is 6.09. The first-order valence-electron chi connectivity index (χ1n) is 17.2. The number of nitrogens with zero attached hydrogens (tertiary/aromatic N) is 3. The molecular weight excluding hydrogens is 650 g/mol. The van der Waals surface area contributed by atoms with Gasteiger partial charge in [0.05, 0.1) is 0 Å². The Labute approximate surface area is 298 Å². The third kappa shape index (κ3) is 15.0. The van der Waals surface area contributed by atoms with Crippen LogP contribution >= 0.6 is 11.8 Å². The Morgan fingerprint density at radius 3 is 1.53 bits per heavy atom. The monoisotopic (exact) mass is 713 g/mol. The van der Waals surface area contributed by atoms with Crippen LogP contribution in [0.15, 0.2) is 0 Å². The van der Waals surface area contributed by atoms with Crippen molar-refractivity contribution >= 4 is 53.2 Å². The number of carbonyl (C=O) groups is 7. The second-order valence-corrected chi connectivity index (χ2v) is 15.7. The average Bonchev–Trinajstić information content (AvgIpc) is 3.01. The van der Waals surface area contributed by atoms with Crippen molar-refractivity contribution in [2.45, 2.75) is 130 Å². The summed E-state index contributed by atoms with van der Waals surface area (Å²) >= 11 is 1.33. The molecule has 0 saturated heterocycles. The fraction of sp³-hybridized carbons (Fsp3) is 0.794. The highest BCUT2D eigenvalue weighted by atomic mass is 32.2. The van der Waals surface area contributed by atoms with Crippen LogP contribution in [0.5, 0.6) is 0 Å². The minimum absolute atomic E-state index is 0.0119. The van der Waals surface area contributed by atoms with Crippen LogP contribution in [0.25, 0.3) is 0 Å². The van der Waals surface area contributed by atoms with E-state index in [0.717, 1.165) is 0 Å². The smallest absolute Gasteiger partial charge is 0.321 e. The molecule has 0 heterocycles. The first kappa shape index (κ1) is 45.6. The van der Waals surface area contributed by atoms with Gasteiger partial charge in [0.1, 0.15) is 24.2 Å². The van der Waals surface area contributed by atoms with Crippen molar-refractivity contribution in [1.29, 1.82) is 0 Å². The lowest BCUT2D eigenvalue weighted by Crippen LogP contribution is -2.60. The maximum absolute atomic E-state index is 14.0. The van der Waals surface area contributed by atoms with Crippen molar-refractivity contribution in [3.8, 4) is 0 Å². The topological polar surface area (TPSA) is 177 Å². The highest BCUT2D eigenvalue weighted by Crippen LogP contribution is 2.25. The molecule has 0 spiro atoms. The Morgan fingerprint density at radius 1 is 0.653 bits per heavy atom. The summed E-state index contributed by atoms with van der Waals surface area (Å²) in [5, 5.41) is 9.04. The Hall–Kier alpha value is -3.36. The van der Waals surface area contributed by atoms with Gasteiger partial charge < -0.3 is 30.7 Å². The molecule has 0 bridgehead atoms. The molecule has 0 aromatic heterocycles. The van der Waals surface area contributed by atoms with Gasteiger partial charge >= 0.3 is 6.03 Å². The van der Waals surface area contributed by atoms with Gasteiger partial charge in [-0.1, -0.05) is 62.3 Å². The molecular formula is C34H63N7O7S. The molecule has 0 rings (SSSR count). The summed E-state index contributed by atoms with van der Waals surface area (Å²) in [6.07, 6.45) is 1.50. The van der Waals surface area contributed by atoms with Crippen molar-refractivity contribution in [2.75, 3.05) is 28.2 Å². The Morgan fingerprint density at radius 2 is 1.12 bits per heavy atom. The highest BCUT2D eigenvalue weighted by molar-refractivity contribution is 8.01. The number of urea groups is 1. The molecule has 4 N–H and O–H groups in total. The zero-order valence-electron chi connectivity index (χ0n) is 32.1. The molecule has 0 aromatic rings. The summed E-state index contributed by atoms with van der Waals surface area (Å²) in [5.74, 6) is -3.28. The molecule has 8 amide bonds. The number of carbonyl (C=O) groups excluding carboxylic acids is 7. The highest BCUT2D eigenvalue weighted by Gasteiger charge is 2.39. The lowest BCUT2D eigenvalue weighted by atomic mass is 9.97. The molecule has 0 aliphatic rings. The van der Waals surface area contributed by atoms with Crippen LogP contribution in [0, 0.1) is 17.8 Å². The Kier molecular flexibility index (Phi) is 20.2. The predicted molar refractivity (Wildman–Crippen MR) is 193 cm³/mol. The first-order valence-corrected chi connectivity index (χ1v) is 18.1. The van der Waals surface area contributed by atoms with Gasteiger partial charge in [-0.05, 0) is 43.9 Å². The third-order valence-electron chi connectivity index (χ3n) is 7.89. The van der Waals surface area contributed by atoms with Gasteiger partial charge in [0.2, 0.25) is 29.5 Å². The lowest BCUT2D eigenvalue weighted by molar-refractivity contribution is -0.147. The normalized spacial score (nSPS) is 14.4. The molecule has 0 aliphatic carbocycles. The predicted octanol–water partition coefficient (Wildman–Crippen LogP) is 2.56. The minimum Gasteiger partial charge on any atom is -0.343 e. The van der Waals surface area contributed by atoms with E-state index in [1.165, 1.54) is 47.5 Å². The summed E-state index contributed by atoms with van der Waals surface area (Å²) in [6, 6.07) is -4.75. The summed E-state index contributed by atoms with van der Waals surface area (Å²) in [7, 11) is 5.98. The molecule has 14 nitrogen and oxygen atoms in total. The van der Waals surface area contributed by atoms with Crippen LogP contribution in [0.1, 0.15) is 94.9 Å². The van der Waals surface area contributed by atoms with E-state index in [1.54, 1.807) is 27.9 Å². The van der Waals surface area contributed by atoms with Gasteiger partial charge in [-0.3, -0.25) is 34.1 Å². The molecule has 0 fully saturated rings. The SMILES string of the molecule is CCCC(=O)N(C)[C@H](SC(C)C)C(=O)N(C)[C@@H](CC(C)C)C(=O)N[C@H](C(=O)N(C)[C@@H](CC(C)C)C(=O)N[C@H](C)C(=O)NC(=O)NC)C(C)C. The average molecular weight is 714 g/mol. The van der Waals surface area contributed by atoms with Crippen LogP contribution in [0.4, 0.5) is 4.79 Å².